The Bertz CT molecular complexity index is 912. The number of carbonyl (C=O) groups excluding carboxylic acids is 1. The van der Waals surface area contributed by atoms with Gasteiger partial charge in [0.25, 0.3) is 5.91 Å². The second-order valence-corrected chi connectivity index (χ2v) is 6.11. The number of nitrogens with zero attached hydrogens (tertiary/aromatic N) is 5. The molecule has 0 bridgehead atoms. The van der Waals surface area contributed by atoms with Gasteiger partial charge in [0.2, 0.25) is 0 Å². The molecule has 1 atom stereocenters. The number of aromatic nitrogens is 5. The molecule has 9 nitrogen and oxygen atoms in total. The molecular formula is C15H16N6O3S. The smallest absolute Gasteiger partial charge is 0.354 e. The molecule has 3 heterocycles. The summed E-state index contributed by atoms with van der Waals surface area (Å²) in [5, 5.41) is 22.2. The molecule has 2 N–H and O–H groups in total. The van der Waals surface area contributed by atoms with Crippen molar-refractivity contribution in [2.24, 2.45) is 0 Å². The van der Waals surface area contributed by atoms with Crippen LogP contribution in [0.1, 0.15) is 30.4 Å². The largest absolute Gasteiger partial charge is 0.477 e. The molecule has 0 saturated heterocycles. The van der Waals surface area contributed by atoms with E-state index in [1.807, 2.05) is 18.5 Å². The van der Waals surface area contributed by atoms with Crippen molar-refractivity contribution >= 4 is 28.3 Å². The number of amides is 1. The number of hydrogen-bond donors (Lipinski definition) is 2. The third-order valence-electron chi connectivity index (χ3n) is 3.62. The van der Waals surface area contributed by atoms with Crippen molar-refractivity contribution < 1.29 is 14.7 Å². The topological polar surface area (TPSA) is 115 Å². The number of carboxylic acid groups (broad SMARTS) is 1. The van der Waals surface area contributed by atoms with Crippen LogP contribution in [0.25, 0.3) is 11.3 Å². The maximum Gasteiger partial charge on any atom is 0.354 e. The van der Waals surface area contributed by atoms with E-state index in [4.69, 9.17) is 5.11 Å². The first-order chi connectivity index (χ1) is 12.0. The number of nitrogens with one attached hydrogen (secondary N) is 1. The Kier molecular flexibility index (Phi) is 4.61. The Morgan fingerprint density at radius 2 is 2.20 bits per heavy atom. The van der Waals surface area contributed by atoms with Crippen molar-refractivity contribution in [1.82, 2.24) is 24.5 Å². The zero-order valence-electron chi connectivity index (χ0n) is 13.6. The van der Waals surface area contributed by atoms with E-state index in [0.717, 1.165) is 22.5 Å². The molecule has 1 amide bonds. The molecule has 0 fully saturated rings. The standard InChI is InChI=1S/C15H16N6O3S/c1-3-20-7-10(6-17-20)11-8-25-15(18-11)19-13(22)9(2)21-12(14(23)24)4-5-16-21/h4-9H,3H2,1-2H3,(H,23,24)(H,18,19,22). The van der Waals surface area contributed by atoms with Gasteiger partial charge in [-0.25, -0.2) is 14.5 Å². The summed E-state index contributed by atoms with van der Waals surface area (Å²) in [7, 11) is 0. The highest BCUT2D eigenvalue weighted by molar-refractivity contribution is 7.14. The molecule has 0 aromatic carbocycles. The van der Waals surface area contributed by atoms with Crippen molar-refractivity contribution in [2.45, 2.75) is 26.4 Å². The van der Waals surface area contributed by atoms with Crippen LogP contribution in [-0.2, 0) is 11.3 Å². The number of anilines is 1. The number of carbonyl (C=O) groups is 2. The van der Waals surface area contributed by atoms with E-state index in [9.17, 15) is 9.59 Å². The summed E-state index contributed by atoms with van der Waals surface area (Å²) >= 11 is 1.29. The monoisotopic (exact) mass is 360 g/mol. The summed E-state index contributed by atoms with van der Waals surface area (Å²) in [5.41, 5.74) is 1.54. The molecular weight excluding hydrogens is 344 g/mol. The summed E-state index contributed by atoms with van der Waals surface area (Å²) in [6, 6.07) is 0.565. The average Bonchev–Trinajstić information content (AvgIpc) is 3.32. The quantitative estimate of drug-likeness (QED) is 0.696. The highest BCUT2D eigenvalue weighted by Crippen LogP contribution is 2.25. The Morgan fingerprint density at radius 1 is 1.40 bits per heavy atom. The van der Waals surface area contributed by atoms with Gasteiger partial charge in [-0.2, -0.15) is 10.2 Å². The van der Waals surface area contributed by atoms with Crippen molar-refractivity contribution in [3.63, 3.8) is 0 Å². The van der Waals surface area contributed by atoms with Crippen LogP contribution >= 0.6 is 11.3 Å². The van der Waals surface area contributed by atoms with Gasteiger partial charge in [0.05, 0.1) is 11.9 Å². The number of aromatic carboxylic acids is 1. The highest BCUT2D eigenvalue weighted by Gasteiger charge is 2.22. The highest BCUT2D eigenvalue weighted by atomic mass is 32.1. The van der Waals surface area contributed by atoms with E-state index >= 15 is 0 Å². The fraction of sp³-hybridized carbons (Fsp3) is 0.267. The van der Waals surface area contributed by atoms with Crippen LogP contribution < -0.4 is 5.32 Å². The van der Waals surface area contributed by atoms with Crippen molar-refractivity contribution in [2.75, 3.05) is 5.32 Å². The molecule has 3 rings (SSSR count). The summed E-state index contributed by atoms with van der Waals surface area (Å²) in [6.45, 7) is 4.33. The van der Waals surface area contributed by atoms with Crippen LogP contribution in [0.15, 0.2) is 30.0 Å². The van der Waals surface area contributed by atoms with E-state index in [-0.39, 0.29) is 5.69 Å². The van der Waals surface area contributed by atoms with Gasteiger partial charge >= 0.3 is 5.97 Å². The second-order valence-electron chi connectivity index (χ2n) is 5.25. The number of aryl methyl sites for hydroxylation is 1. The molecule has 0 aliphatic carbocycles. The molecule has 3 aromatic heterocycles. The third-order valence-corrected chi connectivity index (χ3v) is 4.38. The minimum atomic E-state index is -1.14. The van der Waals surface area contributed by atoms with Crippen molar-refractivity contribution in [3.8, 4) is 11.3 Å². The van der Waals surface area contributed by atoms with Crippen LogP contribution in [0.5, 0.6) is 0 Å². The number of rotatable bonds is 6. The Morgan fingerprint density at radius 3 is 2.88 bits per heavy atom. The zero-order chi connectivity index (χ0) is 18.0. The molecule has 130 valence electrons. The molecule has 0 saturated carbocycles. The predicted octanol–water partition coefficient (Wildman–Crippen LogP) is 2.12. The van der Waals surface area contributed by atoms with Crippen LogP contribution in [0.2, 0.25) is 0 Å². The molecule has 0 radical (unpaired) electrons. The minimum absolute atomic E-state index is 0.0468. The average molecular weight is 360 g/mol. The van der Waals surface area contributed by atoms with Gasteiger partial charge in [-0.3, -0.25) is 9.48 Å². The van der Waals surface area contributed by atoms with Gasteiger partial charge in [-0.05, 0) is 19.9 Å². The summed E-state index contributed by atoms with van der Waals surface area (Å²) in [5.74, 6) is -1.53. The summed E-state index contributed by atoms with van der Waals surface area (Å²) in [4.78, 5) is 27.9. The molecule has 10 heteroatoms. The van der Waals surface area contributed by atoms with Gasteiger partial charge in [0.15, 0.2) is 5.13 Å². The number of hydrogen-bond acceptors (Lipinski definition) is 6. The van der Waals surface area contributed by atoms with Crippen LogP contribution in [-0.4, -0.2) is 41.5 Å². The van der Waals surface area contributed by atoms with Gasteiger partial charge in [-0.1, -0.05) is 0 Å². The Balaban J connectivity index is 1.73. The fourth-order valence-corrected chi connectivity index (χ4v) is 2.97. The second kappa shape index (κ2) is 6.85. The van der Waals surface area contributed by atoms with Gasteiger partial charge in [-0.15, -0.1) is 11.3 Å². The lowest BCUT2D eigenvalue weighted by atomic mass is 10.3. The van der Waals surface area contributed by atoms with E-state index < -0.39 is 17.9 Å². The van der Waals surface area contributed by atoms with E-state index in [1.54, 1.807) is 17.8 Å². The third kappa shape index (κ3) is 3.43. The lowest BCUT2D eigenvalue weighted by molar-refractivity contribution is -0.119. The first-order valence-corrected chi connectivity index (χ1v) is 8.43. The number of carboxylic acids is 1. The number of thiazole rings is 1. The first-order valence-electron chi connectivity index (χ1n) is 7.55. The molecule has 0 spiro atoms. The SMILES string of the molecule is CCn1cc(-c2csc(NC(=O)C(C)n3nccc3C(=O)O)n2)cn1. The van der Waals surface area contributed by atoms with E-state index in [1.165, 1.54) is 23.6 Å². The molecule has 3 aromatic rings. The predicted molar refractivity (Wildman–Crippen MR) is 91.5 cm³/mol. The summed E-state index contributed by atoms with van der Waals surface area (Å²) < 4.78 is 2.96. The molecule has 25 heavy (non-hydrogen) atoms. The lowest BCUT2D eigenvalue weighted by Gasteiger charge is -2.12. The van der Waals surface area contributed by atoms with Crippen LogP contribution in [0.3, 0.4) is 0 Å². The van der Waals surface area contributed by atoms with Gasteiger partial charge in [0, 0.05) is 29.9 Å². The molecule has 1 unspecified atom stereocenters. The normalized spacial score (nSPS) is 12.1. The summed E-state index contributed by atoms with van der Waals surface area (Å²) in [6.07, 6.45) is 4.95. The van der Waals surface area contributed by atoms with Gasteiger partial charge < -0.3 is 10.4 Å². The fourth-order valence-electron chi connectivity index (χ4n) is 2.25. The minimum Gasteiger partial charge on any atom is -0.477 e. The maximum atomic E-state index is 12.4. The molecule has 0 aliphatic heterocycles. The molecule has 0 aliphatic rings. The lowest BCUT2D eigenvalue weighted by Crippen LogP contribution is -2.26. The van der Waals surface area contributed by atoms with Crippen LogP contribution in [0.4, 0.5) is 5.13 Å². The van der Waals surface area contributed by atoms with E-state index in [2.05, 4.69) is 20.5 Å². The van der Waals surface area contributed by atoms with Crippen LogP contribution in [0, 0.1) is 0 Å². The maximum absolute atomic E-state index is 12.4. The first kappa shape index (κ1) is 16.8. The van der Waals surface area contributed by atoms with Gasteiger partial charge in [0.1, 0.15) is 11.7 Å². The Labute approximate surface area is 146 Å². The van der Waals surface area contributed by atoms with Crippen molar-refractivity contribution in [1.29, 1.82) is 0 Å². The zero-order valence-corrected chi connectivity index (χ0v) is 14.4. The Hall–Kier alpha value is -3.01. The van der Waals surface area contributed by atoms with E-state index in [0.29, 0.717) is 5.13 Å². The van der Waals surface area contributed by atoms with Crippen molar-refractivity contribution in [3.05, 3.63) is 35.7 Å².